The van der Waals surface area contributed by atoms with Crippen LogP contribution in [-0.4, -0.2) is 25.2 Å². The lowest BCUT2D eigenvalue weighted by molar-refractivity contribution is -0.142. The lowest BCUT2D eigenvalue weighted by Gasteiger charge is -2.18. The highest BCUT2D eigenvalue weighted by atomic mass is 31.2. The Kier molecular flexibility index (Phi) is 8.83. The monoisotopic (exact) mass is 372 g/mol. The number of benzene rings is 1. The van der Waals surface area contributed by atoms with Crippen LogP contribution < -0.4 is 0 Å². The molecule has 25 heavy (non-hydrogen) atoms. The zero-order chi connectivity index (χ0) is 18.9. The summed E-state index contributed by atoms with van der Waals surface area (Å²) in [4.78, 5) is 22.1. The smallest absolute Gasteiger partial charge is 0.335 e. The summed E-state index contributed by atoms with van der Waals surface area (Å²) < 4.78 is 33.4. The summed E-state index contributed by atoms with van der Waals surface area (Å²) in [7, 11) is -3.27. The third-order valence-electron chi connectivity index (χ3n) is 3.02. The molecule has 0 saturated heterocycles. The fourth-order valence-electron chi connectivity index (χ4n) is 2.21. The van der Waals surface area contributed by atoms with E-state index in [1.807, 2.05) is 0 Å². The lowest BCUT2D eigenvalue weighted by atomic mass is 10.1. The molecule has 1 aromatic rings. The van der Waals surface area contributed by atoms with Crippen molar-refractivity contribution in [2.24, 2.45) is 0 Å². The van der Waals surface area contributed by atoms with Crippen LogP contribution in [0.2, 0.25) is 0 Å². The van der Waals surface area contributed by atoms with Crippen molar-refractivity contribution < 1.29 is 32.7 Å². The van der Waals surface area contributed by atoms with Gasteiger partial charge in [0.2, 0.25) is 0 Å². The minimum absolute atomic E-state index is 0.0732. The molecule has 0 heterocycles. The SMILES string of the molecule is CCOP(=O)(Cc1cc(COC(C)=O)cc(COC(C)=O)c1)OCC. The molecule has 0 amide bonds. The first-order valence-electron chi connectivity index (χ1n) is 8.04. The Morgan fingerprint density at radius 1 is 0.840 bits per heavy atom. The first-order chi connectivity index (χ1) is 11.8. The molecule has 0 unspecified atom stereocenters. The summed E-state index contributed by atoms with van der Waals surface area (Å²) in [6.07, 6.45) is 0.0790. The van der Waals surface area contributed by atoms with Gasteiger partial charge in [-0.25, -0.2) is 0 Å². The third-order valence-corrected chi connectivity index (χ3v) is 5.08. The Hall–Kier alpha value is -1.69. The van der Waals surface area contributed by atoms with Crippen LogP contribution >= 0.6 is 7.60 Å². The summed E-state index contributed by atoms with van der Waals surface area (Å²) in [6, 6.07) is 5.30. The second-order valence-corrected chi connectivity index (χ2v) is 7.38. The van der Waals surface area contributed by atoms with Gasteiger partial charge < -0.3 is 18.5 Å². The number of carbonyl (C=O) groups is 2. The van der Waals surface area contributed by atoms with Crippen LogP contribution in [0.4, 0.5) is 0 Å². The molecule has 1 rings (SSSR count). The van der Waals surface area contributed by atoms with E-state index in [1.165, 1.54) is 13.8 Å². The van der Waals surface area contributed by atoms with E-state index < -0.39 is 19.5 Å². The summed E-state index contributed by atoms with van der Waals surface area (Å²) >= 11 is 0. The molecule has 0 saturated carbocycles. The maximum Gasteiger partial charge on any atom is 0.335 e. The van der Waals surface area contributed by atoms with Gasteiger partial charge in [-0.15, -0.1) is 0 Å². The molecule has 8 heteroatoms. The molecule has 0 bridgehead atoms. The summed E-state index contributed by atoms with van der Waals surface area (Å²) in [5, 5.41) is 0. The number of esters is 2. The molecule has 0 aliphatic heterocycles. The van der Waals surface area contributed by atoms with Crippen LogP contribution in [0, 0.1) is 0 Å². The highest BCUT2D eigenvalue weighted by Crippen LogP contribution is 2.51. The van der Waals surface area contributed by atoms with E-state index in [4.69, 9.17) is 18.5 Å². The number of carbonyl (C=O) groups excluding carboxylic acids is 2. The third kappa shape index (κ3) is 8.29. The van der Waals surface area contributed by atoms with Crippen molar-refractivity contribution in [3.05, 3.63) is 34.9 Å². The molecule has 1 aromatic carbocycles. The van der Waals surface area contributed by atoms with Gasteiger partial charge in [-0.1, -0.05) is 12.1 Å². The lowest BCUT2D eigenvalue weighted by Crippen LogP contribution is -2.05. The largest absolute Gasteiger partial charge is 0.461 e. The van der Waals surface area contributed by atoms with Crippen molar-refractivity contribution in [1.82, 2.24) is 0 Å². The fourth-order valence-corrected chi connectivity index (χ4v) is 3.89. The van der Waals surface area contributed by atoms with Gasteiger partial charge in [-0.2, -0.15) is 0 Å². The molecule has 0 aliphatic rings. The molecule has 0 radical (unpaired) electrons. The summed E-state index contributed by atoms with van der Waals surface area (Å²) in [5.41, 5.74) is 2.10. The van der Waals surface area contributed by atoms with E-state index in [2.05, 4.69) is 0 Å². The van der Waals surface area contributed by atoms with Crippen molar-refractivity contribution in [1.29, 1.82) is 0 Å². The number of hydrogen-bond donors (Lipinski definition) is 0. The van der Waals surface area contributed by atoms with Crippen LogP contribution in [0.3, 0.4) is 0 Å². The standard InChI is InChI=1S/C17H25O7P/c1-5-23-25(20,24-6-2)12-17-8-15(10-21-13(3)18)7-16(9-17)11-22-14(4)19/h7-9H,5-6,10-12H2,1-4H3. The minimum Gasteiger partial charge on any atom is -0.461 e. The molecule has 0 atom stereocenters. The Morgan fingerprint density at radius 3 is 1.60 bits per heavy atom. The highest BCUT2D eigenvalue weighted by molar-refractivity contribution is 7.53. The van der Waals surface area contributed by atoms with E-state index >= 15 is 0 Å². The molecular formula is C17H25O7P. The Balaban J connectivity index is 3.06. The topological polar surface area (TPSA) is 88.1 Å². The molecule has 0 spiro atoms. The second kappa shape index (κ2) is 10.3. The van der Waals surface area contributed by atoms with Crippen molar-refractivity contribution in [2.75, 3.05) is 13.2 Å². The van der Waals surface area contributed by atoms with Gasteiger partial charge in [0.25, 0.3) is 0 Å². The quantitative estimate of drug-likeness (QED) is 0.458. The Morgan fingerprint density at radius 2 is 1.24 bits per heavy atom. The fraction of sp³-hybridized carbons (Fsp3) is 0.529. The van der Waals surface area contributed by atoms with Gasteiger partial charge in [0.15, 0.2) is 0 Å². The first-order valence-corrected chi connectivity index (χ1v) is 9.77. The maximum absolute atomic E-state index is 12.7. The van der Waals surface area contributed by atoms with Crippen LogP contribution in [0.15, 0.2) is 18.2 Å². The highest BCUT2D eigenvalue weighted by Gasteiger charge is 2.24. The van der Waals surface area contributed by atoms with E-state index in [0.29, 0.717) is 16.7 Å². The number of ether oxygens (including phenoxy) is 2. The predicted molar refractivity (Wildman–Crippen MR) is 91.9 cm³/mol. The molecule has 0 aromatic heterocycles. The average Bonchev–Trinajstić information content (AvgIpc) is 2.51. The van der Waals surface area contributed by atoms with Gasteiger partial charge in [-0.05, 0) is 36.6 Å². The van der Waals surface area contributed by atoms with Crippen molar-refractivity contribution in [3.63, 3.8) is 0 Å². The molecule has 7 nitrogen and oxygen atoms in total. The van der Waals surface area contributed by atoms with Crippen molar-refractivity contribution in [3.8, 4) is 0 Å². The molecule has 0 fully saturated rings. The zero-order valence-electron chi connectivity index (χ0n) is 15.1. The molecule has 140 valence electrons. The second-order valence-electron chi connectivity index (χ2n) is 5.32. The van der Waals surface area contributed by atoms with E-state index in [9.17, 15) is 14.2 Å². The maximum atomic E-state index is 12.7. The number of rotatable bonds is 10. The van der Waals surface area contributed by atoms with Crippen molar-refractivity contribution >= 4 is 19.5 Å². The number of hydrogen-bond acceptors (Lipinski definition) is 7. The predicted octanol–water partition coefficient (Wildman–Crippen LogP) is 3.58. The van der Waals surface area contributed by atoms with Crippen LogP contribution in [0.5, 0.6) is 0 Å². The summed E-state index contributed by atoms with van der Waals surface area (Å²) in [6.45, 7) is 6.82. The van der Waals surface area contributed by atoms with Crippen LogP contribution in [0.1, 0.15) is 44.4 Å². The Bertz CT molecular complexity index is 596. The Labute approximate surface area is 148 Å². The van der Waals surface area contributed by atoms with Crippen LogP contribution in [-0.2, 0) is 52.1 Å². The van der Waals surface area contributed by atoms with E-state index in [1.54, 1.807) is 32.0 Å². The molecule has 0 N–H and O–H groups in total. The minimum atomic E-state index is -3.27. The van der Waals surface area contributed by atoms with Crippen molar-refractivity contribution in [2.45, 2.75) is 47.1 Å². The van der Waals surface area contributed by atoms with Crippen LogP contribution in [0.25, 0.3) is 0 Å². The van der Waals surface area contributed by atoms with E-state index in [-0.39, 0.29) is 32.6 Å². The van der Waals surface area contributed by atoms with Gasteiger partial charge in [-0.3, -0.25) is 14.2 Å². The molecule has 0 aliphatic carbocycles. The van der Waals surface area contributed by atoms with Gasteiger partial charge in [0.05, 0.1) is 19.4 Å². The van der Waals surface area contributed by atoms with Gasteiger partial charge >= 0.3 is 19.5 Å². The van der Waals surface area contributed by atoms with E-state index in [0.717, 1.165) is 0 Å². The average molecular weight is 372 g/mol. The van der Waals surface area contributed by atoms with Gasteiger partial charge in [0, 0.05) is 13.8 Å². The summed E-state index contributed by atoms with van der Waals surface area (Å²) in [5.74, 6) is -0.803. The normalized spacial score (nSPS) is 11.2. The zero-order valence-corrected chi connectivity index (χ0v) is 16.0. The molecular weight excluding hydrogens is 347 g/mol. The first kappa shape index (κ1) is 21.4. The van der Waals surface area contributed by atoms with Gasteiger partial charge in [0.1, 0.15) is 13.2 Å².